The van der Waals surface area contributed by atoms with Gasteiger partial charge in [0.2, 0.25) is 0 Å². The summed E-state index contributed by atoms with van der Waals surface area (Å²) in [5, 5.41) is 1.24. The largest absolute Gasteiger partial charge is 0.364 e. The van der Waals surface area contributed by atoms with Crippen LogP contribution >= 0.6 is 0 Å². The summed E-state index contributed by atoms with van der Waals surface area (Å²) in [4.78, 5) is 39.9. The van der Waals surface area contributed by atoms with Gasteiger partial charge in [-0.1, -0.05) is 37.5 Å². The van der Waals surface area contributed by atoms with Crippen molar-refractivity contribution in [2.75, 3.05) is 18.0 Å². The lowest BCUT2D eigenvalue weighted by atomic mass is 9.92. The van der Waals surface area contributed by atoms with E-state index in [0.29, 0.717) is 23.0 Å². The number of anilines is 1. The Kier molecular flexibility index (Phi) is 5.05. The van der Waals surface area contributed by atoms with Crippen molar-refractivity contribution in [2.24, 2.45) is 17.6 Å². The zero-order chi connectivity index (χ0) is 23.2. The van der Waals surface area contributed by atoms with Gasteiger partial charge in [0.1, 0.15) is 11.5 Å². The molecule has 3 N–H and O–H groups in total. The third-order valence-electron chi connectivity index (χ3n) is 7.50. The van der Waals surface area contributed by atoms with Crippen molar-refractivity contribution in [3.05, 3.63) is 64.6 Å². The summed E-state index contributed by atoms with van der Waals surface area (Å²) in [5.41, 5.74) is 8.23. The normalized spacial score (nSPS) is 20.4. The number of carbonyl (C=O) groups excluding carboxylic acids is 1. The second-order valence-corrected chi connectivity index (χ2v) is 9.61. The van der Waals surface area contributed by atoms with Gasteiger partial charge in [-0.25, -0.2) is 4.98 Å². The van der Waals surface area contributed by atoms with Crippen molar-refractivity contribution in [1.29, 1.82) is 0 Å². The fraction of sp³-hybridized carbons (Fsp3) is 0.333. The van der Waals surface area contributed by atoms with Crippen molar-refractivity contribution < 1.29 is 4.79 Å². The van der Waals surface area contributed by atoms with Crippen molar-refractivity contribution in [2.45, 2.75) is 32.1 Å². The minimum Gasteiger partial charge on any atom is -0.364 e. The molecule has 0 bridgehead atoms. The minimum atomic E-state index is -0.715. The van der Waals surface area contributed by atoms with Crippen molar-refractivity contribution >= 4 is 33.5 Å². The molecule has 1 aliphatic heterocycles. The Balaban J connectivity index is 1.52. The lowest BCUT2D eigenvalue weighted by Crippen LogP contribution is -2.23. The third-order valence-corrected chi connectivity index (χ3v) is 7.50. The fourth-order valence-electron chi connectivity index (χ4n) is 5.83. The lowest BCUT2D eigenvalue weighted by Gasteiger charge is -2.22. The molecule has 1 aliphatic carbocycles. The summed E-state index contributed by atoms with van der Waals surface area (Å²) in [5.74, 6) is 1.59. The molecule has 1 saturated heterocycles. The second kappa shape index (κ2) is 8.24. The van der Waals surface area contributed by atoms with Gasteiger partial charge in [-0.05, 0) is 42.9 Å². The molecule has 0 radical (unpaired) electrons. The van der Waals surface area contributed by atoms with Crippen LogP contribution in [0.2, 0.25) is 0 Å². The zero-order valence-electron chi connectivity index (χ0n) is 19.0. The number of hydrogen-bond donors (Lipinski definition) is 2. The van der Waals surface area contributed by atoms with Gasteiger partial charge in [0.05, 0.1) is 22.1 Å². The second-order valence-electron chi connectivity index (χ2n) is 9.61. The van der Waals surface area contributed by atoms with E-state index >= 15 is 0 Å². The number of aromatic nitrogens is 3. The van der Waals surface area contributed by atoms with Crippen LogP contribution in [0, 0.1) is 11.8 Å². The molecule has 4 heterocycles. The number of aromatic amines is 1. The number of amides is 1. The Bertz CT molecular complexity index is 1460. The smallest absolute Gasteiger partial charge is 0.268 e. The molecule has 3 aromatic heterocycles. The maximum atomic E-state index is 13.1. The highest BCUT2D eigenvalue weighted by Gasteiger charge is 2.35. The molecule has 4 aromatic rings. The molecule has 172 valence electrons. The number of rotatable bonds is 3. The molecule has 2 atom stereocenters. The molecule has 34 heavy (non-hydrogen) atoms. The predicted octanol–water partition coefficient (Wildman–Crippen LogP) is 4.25. The van der Waals surface area contributed by atoms with E-state index in [9.17, 15) is 9.59 Å². The molecule has 6 rings (SSSR count). The van der Waals surface area contributed by atoms with Crippen molar-refractivity contribution in [3.63, 3.8) is 0 Å². The molecule has 2 unspecified atom stereocenters. The van der Waals surface area contributed by atoms with Gasteiger partial charge >= 0.3 is 0 Å². The molecule has 1 saturated carbocycles. The summed E-state index contributed by atoms with van der Waals surface area (Å²) in [6.45, 7) is 1.99. The van der Waals surface area contributed by atoms with Crippen LogP contribution in [0.15, 0.2) is 53.5 Å². The highest BCUT2D eigenvalue weighted by atomic mass is 16.1. The van der Waals surface area contributed by atoms with E-state index in [-0.39, 0.29) is 16.5 Å². The molecule has 2 fully saturated rings. The Morgan fingerprint density at radius 3 is 2.56 bits per heavy atom. The number of carbonyl (C=O) groups is 1. The average Bonchev–Trinajstić information content (AvgIpc) is 3.12. The predicted molar refractivity (Wildman–Crippen MR) is 134 cm³/mol. The SMILES string of the molecule is NC(=O)c1nccc2[nH]c(-c3cc4ccccc4nc3N3CC4CCCCCC4C3)cc(=O)c12. The van der Waals surface area contributed by atoms with Gasteiger partial charge in [-0.15, -0.1) is 0 Å². The summed E-state index contributed by atoms with van der Waals surface area (Å²) in [6.07, 6.45) is 8.00. The highest BCUT2D eigenvalue weighted by Crippen LogP contribution is 2.40. The summed E-state index contributed by atoms with van der Waals surface area (Å²) in [7, 11) is 0. The number of nitrogens with zero attached hydrogens (tertiary/aromatic N) is 3. The number of H-pyrrole nitrogens is 1. The maximum absolute atomic E-state index is 13.1. The Morgan fingerprint density at radius 1 is 1.03 bits per heavy atom. The molecule has 1 amide bonds. The van der Waals surface area contributed by atoms with Gasteiger partial charge in [0, 0.05) is 36.3 Å². The van der Waals surface area contributed by atoms with Crippen molar-refractivity contribution in [1.82, 2.24) is 15.0 Å². The number of nitrogens with one attached hydrogen (secondary N) is 1. The summed E-state index contributed by atoms with van der Waals surface area (Å²) in [6, 6.07) is 13.4. The maximum Gasteiger partial charge on any atom is 0.268 e. The Labute approximate surface area is 197 Å². The van der Waals surface area contributed by atoms with Crippen LogP contribution in [-0.4, -0.2) is 33.9 Å². The first kappa shape index (κ1) is 20.8. The molecular weight excluding hydrogens is 426 g/mol. The number of benzene rings is 1. The first-order valence-corrected chi connectivity index (χ1v) is 12.1. The van der Waals surface area contributed by atoms with Gasteiger partial charge < -0.3 is 15.6 Å². The monoisotopic (exact) mass is 453 g/mol. The van der Waals surface area contributed by atoms with Crippen LogP contribution in [-0.2, 0) is 0 Å². The first-order valence-electron chi connectivity index (χ1n) is 12.1. The number of hydrogen-bond acceptors (Lipinski definition) is 5. The molecule has 7 heteroatoms. The van der Waals surface area contributed by atoms with Gasteiger partial charge in [0.25, 0.3) is 5.91 Å². The van der Waals surface area contributed by atoms with E-state index in [1.807, 2.05) is 24.3 Å². The van der Waals surface area contributed by atoms with E-state index in [1.54, 1.807) is 12.1 Å². The average molecular weight is 454 g/mol. The van der Waals surface area contributed by atoms with E-state index < -0.39 is 5.91 Å². The quantitative estimate of drug-likeness (QED) is 0.482. The van der Waals surface area contributed by atoms with E-state index in [1.165, 1.54) is 38.3 Å². The summed E-state index contributed by atoms with van der Waals surface area (Å²) < 4.78 is 0. The van der Waals surface area contributed by atoms with Crippen LogP contribution < -0.4 is 16.1 Å². The standard InChI is InChI=1S/C27H27N5O2/c28-26(34)25-24-21(10-11-29-25)30-22(13-23(24)33)19-12-16-6-4-5-9-20(16)31-27(19)32-14-17-7-2-1-3-8-18(17)15-32/h4-6,9-13,17-18H,1-3,7-8,14-15H2,(H2,28,34)(H,30,33). The highest BCUT2D eigenvalue weighted by molar-refractivity contribution is 6.04. The minimum absolute atomic E-state index is 0.0122. The molecule has 7 nitrogen and oxygen atoms in total. The first-order chi connectivity index (χ1) is 16.6. The van der Waals surface area contributed by atoms with Crippen LogP contribution in [0.4, 0.5) is 5.82 Å². The van der Waals surface area contributed by atoms with Gasteiger partial charge in [0.15, 0.2) is 5.43 Å². The third kappa shape index (κ3) is 3.52. The lowest BCUT2D eigenvalue weighted by molar-refractivity contribution is 0.0997. The van der Waals surface area contributed by atoms with E-state index in [2.05, 4.69) is 20.9 Å². The topological polar surface area (TPSA) is 105 Å². The Hall–Kier alpha value is -3.74. The van der Waals surface area contributed by atoms with Crippen LogP contribution in [0.3, 0.4) is 0 Å². The number of para-hydroxylation sites is 1. The Morgan fingerprint density at radius 2 is 1.79 bits per heavy atom. The summed E-state index contributed by atoms with van der Waals surface area (Å²) >= 11 is 0. The van der Waals surface area contributed by atoms with Crippen molar-refractivity contribution in [3.8, 4) is 11.3 Å². The van der Waals surface area contributed by atoms with Crippen LogP contribution in [0.25, 0.3) is 33.1 Å². The zero-order valence-corrected chi connectivity index (χ0v) is 19.0. The van der Waals surface area contributed by atoms with Crippen LogP contribution in [0.5, 0.6) is 0 Å². The number of nitrogens with two attached hydrogens (primary N) is 1. The molecule has 1 aromatic carbocycles. The van der Waals surface area contributed by atoms with Gasteiger partial charge in [-0.3, -0.25) is 14.6 Å². The number of primary amides is 1. The van der Waals surface area contributed by atoms with Crippen LogP contribution in [0.1, 0.15) is 42.6 Å². The van der Waals surface area contributed by atoms with E-state index in [0.717, 1.165) is 35.4 Å². The molecular formula is C27H27N5O2. The molecule has 2 aliphatic rings. The fourth-order valence-corrected chi connectivity index (χ4v) is 5.83. The number of pyridine rings is 3. The number of fused-ring (bicyclic) bond motifs is 3. The van der Waals surface area contributed by atoms with Gasteiger partial charge in [-0.2, -0.15) is 0 Å². The van der Waals surface area contributed by atoms with E-state index in [4.69, 9.17) is 10.7 Å². The molecule has 0 spiro atoms.